The highest BCUT2D eigenvalue weighted by Crippen LogP contribution is 2.20. The molecule has 19 heavy (non-hydrogen) atoms. The second-order valence-corrected chi connectivity index (χ2v) is 6.78. The fraction of sp³-hybridized carbons (Fsp3) is 0.727. The lowest BCUT2D eigenvalue weighted by Gasteiger charge is -2.36. The lowest BCUT2D eigenvalue weighted by Crippen LogP contribution is -2.52. The Kier molecular flexibility index (Phi) is 4.24. The summed E-state index contributed by atoms with van der Waals surface area (Å²) in [6.07, 6.45) is 2.81. The first-order chi connectivity index (χ1) is 8.95. The molecule has 1 atom stereocenters. The number of likely N-dealkylation sites (N-methyl/N-ethyl adjacent to an activating group) is 1. The van der Waals surface area contributed by atoms with E-state index in [4.69, 9.17) is 5.11 Å². The van der Waals surface area contributed by atoms with Crippen LogP contribution in [0, 0.1) is 0 Å². The van der Waals surface area contributed by atoms with Crippen LogP contribution in [0.5, 0.6) is 0 Å². The first-order valence-corrected chi connectivity index (χ1v) is 7.73. The van der Waals surface area contributed by atoms with Gasteiger partial charge in [0.2, 0.25) is 10.0 Å². The van der Waals surface area contributed by atoms with Crippen molar-refractivity contribution in [2.75, 3.05) is 33.3 Å². The van der Waals surface area contributed by atoms with E-state index in [1.54, 1.807) is 0 Å². The zero-order valence-corrected chi connectivity index (χ0v) is 12.0. The summed E-state index contributed by atoms with van der Waals surface area (Å²) in [5.74, 6) is 0. The molecule has 2 heterocycles. The van der Waals surface area contributed by atoms with Crippen LogP contribution in [0.3, 0.4) is 0 Å². The molecule has 0 amide bonds. The van der Waals surface area contributed by atoms with Crippen LogP contribution in [-0.2, 0) is 16.6 Å². The SMILES string of the molecule is CC1CN(C)CCN1S(=O)(=O)c1cnn(CCO)c1. The summed E-state index contributed by atoms with van der Waals surface area (Å²) in [4.78, 5) is 2.31. The van der Waals surface area contributed by atoms with E-state index in [-0.39, 0.29) is 17.5 Å². The quantitative estimate of drug-likeness (QED) is 0.785. The van der Waals surface area contributed by atoms with Gasteiger partial charge in [0.15, 0.2) is 0 Å². The van der Waals surface area contributed by atoms with Gasteiger partial charge in [0.1, 0.15) is 4.90 Å². The molecule has 1 N–H and O–H groups in total. The topological polar surface area (TPSA) is 78.7 Å². The van der Waals surface area contributed by atoms with Crippen LogP contribution >= 0.6 is 0 Å². The highest BCUT2D eigenvalue weighted by Gasteiger charge is 2.33. The van der Waals surface area contributed by atoms with E-state index < -0.39 is 10.0 Å². The molecule has 1 fully saturated rings. The Bertz CT molecular complexity index is 528. The van der Waals surface area contributed by atoms with Crippen LogP contribution < -0.4 is 0 Å². The second-order valence-electron chi connectivity index (χ2n) is 4.89. The molecular weight excluding hydrogens is 268 g/mol. The van der Waals surface area contributed by atoms with Crippen molar-refractivity contribution >= 4 is 10.0 Å². The molecule has 0 spiro atoms. The number of aliphatic hydroxyl groups excluding tert-OH is 1. The standard InChI is InChI=1S/C11H20N4O3S/c1-10-8-13(2)3-4-15(10)19(17,18)11-7-12-14(9-11)5-6-16/h7,9-10,16H,3-6,8H2,1-2H3. The van der Waals surface area contributed by atoms with Gasteiger partial charge < -0.3 is 10.0 Å². The third kappa shape index (κ3) is 2.97. The molecule has 1 saturated heterocycles. The van der Waals surface area contributed by atoms with Crippen LogP contribution in [0.2, 0.25) is 0 Å². The van der Waals surface area contributed by atoms with Gasteiger partial charge in [0, 0.05) is 31.9 Å². The maximum atomic E-state index is 12.5. The van der Waals surface area contributed by atoms with Crippen molar-refractivity contribution in [1.29, 1.82) is 0 Å². The number of hydrogen-bond acceptors (Lipinski definition) is 5. The van der Waals surface area contributed by atoms with Gasteiger partial charge in [-0.3, -0.25) is 4.68 Å². The van der Waals surface area contributed by atoms with Gasteiger partial charge in [-0.1, -0.05) is 0 Å². The summed E-state index contributed by atoms with van der Waals surface area (Å²) in [5, 5.41) is 12.8. The minimum Gasteiger partial charge on any atom is -0.394 e. The number of sulfonamides is 1. The maximum absolute atomic E-state index is 12.5. The largest absolute Gasteiger partial charge is 0.394 e. The lowest BCUT2D eigenvalue weighted by atomic mass is 10.2. The molecule has 0 saturated carbocycles. The molecular formula is C11H20N4O3S. The summed E-state index contributed by atoms with van der Waals surface area (Å²) in [7, 11) is -1.50. The van der Waals surface area contributed by atoms with E-state index in [0.29, 0.717) is 13.1 Å². The van der Waals surface area contributed by atoms with Gasteiger partial charge in [0.05, 0.1) is 19.3 Å². The molecule has 0 aromatic carbocycles. The highest BCUT2D eigenvalue weighted by atomic mass is 32.2. The van der Waals surface area contributed by atoms with E-state index in [1.165, 1.54) is 21.4 Å². The summed E-state index contributed by atoms with van der Waals surface area (Å²) in [6.45, 7) is 4.09. The van der Waals surface area contributed by atoms with E-state index in [1.807, 2.05) is 14.0 Å². The first-order valence-electron chi connectivity index (χ1n) is 6.29. The highest BCUT2D eigenvalue weighted by molar-refractivity contribution is 7.89. The molecule has 1 aromatic heterocycles. The zero-order valence-electron chi connectivity index (χ0n) is 11.2. The number of hydrogen-bond donors (Lipinski definition) is 1. The molecule has 0 radical (unpaired) electrons. The Morgan fingerprint density at radius 3 is 2.84 bits per heavy atom. The average molecular weight is 288 g/mol. The van der Waals surface area contributed by atoms with Crippen molar-refractivity contribution in [1.82, 2.24) is 19.0 Å². The van der Waals surface area contributed by atoms with E-state index in [2.05, 4.69) is 10.00 Å². The molecule has 2 rings (SSSR count). The molecule has 1 aliphatic rings. The molecule has 7 nitrogen and oxygen atoms in total. The molecule has 108 valence electrons. The van der Waals surface area contributed by atoms with E-state index in [0.717, 1.165) is 13.1 Å². The summed E-state index contributed by atoms with van der Waals surface area (Å²) >= 11 is 0. The minimum atomic E-state index is -3.49. The Morgan fingerprint density at radius 2 is 2.21 bits per heavy atom. The Hall–Kier alpha value is -0.960. The van der Waals surface area contributed by atoms with Crippen molar-refractivity contribution in [2.24, 2.45) is 0 Å². The fourth-order valence-electron chi connectivity index (χ4n) is 2.32. The Balaban J connectivity index is 2.21. The maximum Gasteiger partial charge on any atom is 0.246 e. The number of aliphatic hydroxyl groups is 1. The van der Waals surface area contributed by atoms with Gasteiger partial charge >= 0.3 is 0 Å². The van der Waals surface area contributed by atoms with E-state index in [9.17, 15) is 8.42 Å². The Labute approximate surface area is 113 Å². The van der Waals surface area contributed by atoms with Crippen LogP contribution in [0.25, 0.3) is 0 Å². The molecule has 0 bridgehead atoms. The third-order valence-corrected chi connectivity index (χ3v) is 5.28. The van der Waals surface area contributed by atoms with Crippen molar-refractivity contribution in [2.45, 2.75) is 24.4 Å². The van der Waals surface area contributed by atoms with Crippen LogP contribution in [0.4, 0.5) is 0 Å². The average Bonchev–Trinajstić information content (AvgIpc) is 2.78. The van der Waals surface area contributed by atoms with Gasteiger partial charge in [-0.15, -0.1) is 0 Å². The third-order valence-electron chi connectivity index (χ3n) is 3.31. The molecule has 8 heteroatoms. The van der Waals surface area contributed by atoms with Crippen LogP contribution in [-0.4, -0.2) is 71.8 Å². The van der Waals surface area contributed by atoms with Crippen LogP contribution in [0.15, 0.2) is 17.3 Å². The zero-order chi connectivity index (χ0) is 14.0. The monoisotopic (exact) mass is 288 g/mol. The Morgan fingerprint density at radius 1 is 1.47 bits per heavy atom. The molecule has 0 aliphatic carbocycles. The summed E-state index contributed by atoms with van der Waals surface area (Å²) < 4.78 is 28.0. The first kappa shape index (κ1) is 14.4. The molecule has 1 aliphatic heterocycles. The molecule has 1 aromatic rings. The second kappa shape index (κ2) is 5.58. The van der Waals surface area contributed by atoms with Crippen molar-refractivity contribution in [3.8, 4) is 0 Å². The van der Waals surface area contributed by atoms with Gasteiger partial charge in [0.25, 0.3) is 0 Å². The number of rotatable bonds is 4. The van der Waals surface area contributed by atoms with E-state index >= 15 is 0 Å². The van der Waals surface area contributed by atoms with Gasteiger partial charge in [-0.2, -0.15) is 9.40 Å². The number of piperazine rings is 1. The summed E-state index contributed by atoms with van der Waals surface area (Å²) in [5.41, 5.74) is 0. The summed E-state index contributed by atoms with van der Waals surface area (Å²) in [6, 6.07) is -0.0510. The normalized spacial score (nSPS) is 22.8. The fourth-order valence-corrected chi connectivity index (χ4v) is 3.89. The van der Waals surface area contributed by atoms with Gasteiger partial charge in [-0.25, -0.2) is 8.42 Å². The van der Waals surface area contributed by atoms with Gasteiger partial charge in [-0.05, 0) is 14.0 Å². The van der Waals surface area contributed by atoms with Crippen molar-refractivity contribution in [3.05, 3.63) is 12.4 Å². The molecule has 1 unspecified atom stereocenters. The number of aromatic nitrogens is 2. The number of nitrogens with zero attached hydrogens (tertiary/aromatic N) is 4. The minimum absolute atomic E-state index is 0.0510. The smallest absolute Gasteiger partial charge is 0.246 e. The van der Waals surface area contributed by atoms with Crippen molar-refractivity contribution in [3.63, 3.8) is 0 Å². The predicted molar refractivity (Wildman–Crippen MR) is 70.2 cm³/mol. The predicted octanol–water partition coefficient (Wildman–Crippen LogP) is -0.800. The van der Waals surface area contributed by atoms with Crippen molar-refractivity contribution < 1.29 is 13.5 Å². The lowest BCUT2D eigenvalue weighted by molar-refractivity contribution is 0.170. The van der Waals surface area contributed by atoms with Crippen LogP contribution in [0.1, 0.15) is 6.92 Å².